The minimum absolute atomic E-state index is 0.540. The first-order valence-corrected chi connectivity index (χ1v) is 20.2. The Bertz CT molecular complexity index is 3220. The van der Waals surface area contributed by atoms with Crippen LogP contribution in [-0.4, -0.2) is 15.0 Å². The van der Waals surface area contributed by atoms with Crippen molar-refractivity contribution in [3.05, 3.63) is 235 Å². The number of fused-ring (bicyclic) bond motifs is 13. The molecule has 1 aromatic heterocycles. The Balaban J connectivity index is 1.08. The van der Waals surface area contributed by atoms with Gasteiger partial charge in [0.05, 0.1) is 5.41 Å². The Morgan fingerprint density at radius 3 is 1.31 bits per heavy atom. The van der Waals surface area contributed by atoms with Crippen molar-refractivity contribution in [1.29, 1.82) is 0 Å². The van der Waals surface area contributed by atoms with Crippen LogP contribution < -0.4 is 0 Å². The van der Waals surface area contributed by atoms with Gasteiger partial charge in [-0.25, -0.2) is 15.0 Å². The lowest BCUT2D eigenvalue weighted by Gasteiger charge is -2.35. The SMILES string of the molecule is c1ccc(-c2nc(-c3ccc(-c4cccc5ccccc45)cc3)nc(-c3ccc4c(c3)-c3ccccc3-c3ccccc3C43c4ccccc4-c4ccccc43)n2)cc1. The summed E-state index contributed by atoms with van der Waals surface area (Å²) in [6.45, 7) is 0. The minimum Gasteiger partial charge on any atom is -0.208 e. The second-order valence-electron chi connectivity index (χ2n) is 15.5. The van der Waals surface area contributed by atoms with Crippen LogP contribution in [0.1, 0.15) is 22.3 Å². The highest BCUT2D eigenvalue weighted by Gasteiger charge is 2.49. The van der Waals surface area contributed by atoms with Gasteiger partial charge in [0.25, 0.3) is 0 Å². The Labute approximate surface area is 343 Å². The predicted molar refractivity (Wildman–Crippen MR) is 241 cm³/mol. The molecule has 0 amide bonds. The average molecular weight is 750 g/mol. The first-order valence-electron chi connectivity index (χ1n) is 20.2. The van der Waals surface area contributed by atoms with Crippen molar-refractivity contribution >= 4 is 10.8 Å². The first-order chi connectivity index (χ1) is 29.3. The summed E-state index contributed by atoms with van der Waals surface area (Å²) in [5.41, 5.74) is 17.1. The number of hydrogen-bond donors (Lipinski definition) is 0. The van der Waals surface area contributed by atoms with Gasteiger partial charge in [-0.15, -0.1) is 0 Å². The molecule has 9 aromatic carbocycles. The summed E-state index contributed by atoms with van der Waals surface area (Å²) >= 11 is 0. The molecule has 0 unspecified atom stereocenters. The summed E-state index contributed by atoms with van der Waals surface area (Å²) < 4.78 is 0. The molecule has 0 radical (unpaired) electrons. The molecule has 0 atom stereocenters. The third-order valence-corrected chi connectivity index (χ3v) is 12.4. The summed E-state index contributed by atoms with van der Waals surface area (Å²) in [4.78, 5) is 15.6. The van der Waals surface area contributed by atoms with Crippen molar-refractivity contribution in [3.63, 3.8) is 0 Å². The second-order valence-corrected chi connectivity index (χ2v) is 15.5. The van der Waals surface area contributed by atoms with Crippen molar-refractivity contribution in [2.24, 2.45) is 0 Å². The van der Waals surface area contributed by atoms with Gasteiger partial charge in [-0.1, -0.05) is 206 Å². The number of nitrogens with zero attached hydrogens (tertiary/aromatic N) is 3. The van der Waals surface area contributed by atoms with Gasteiger partial charge in [0.15, 0.2) is 17.5 Å². The van der Waals surface area contributed by atoms with Crippen molar-refractivity contribution in [2.45, 2.75) is 5.41 Å². The van der Waals surface area contributed by atoms with E-state index < -0.39 is 5.41 Å². The van der Waals surface area contributed by atoms with Crippen LogP contribution in [-0.2, 0) is 5.41 Å². The molecule has 12 rings (SSSR count). The fraction of sp³-hybridized carbons (Fsp3) is 0.0179. The summed E-state index contributed by atoms with van der Waals surface area (Å²) in [5.74, 6) is 1.91. The zero-order valence-electron chi connectivity index (χ0n) is 32.0. The first kappa shape index (κ1) is 33.4. The molecular formula is C56H35N3. The minimum atomic E-state index is -0.540. The van der Waals surface area contributed by atoms with E-state index in [4.69, 9.17) is 15.0 Å². The van der Waals surface area contributed by atoms with E-state index in [2.05, 4.69) is 194 Å². The van der Waals surface area contributed by atoms with E-state index in [0.29, 0.717) is 17.5 Å². The van der Waals surface area contributed by atoms with E-state index in [1.807, 2.05) is 18.2 Å². The number of aromatic nitrogens is 3. The largest absolute Gasteiger partial charge is 0.208 e. The summed E-state index contributed by atoms with van der Waals surface area (Å²) in [7, 11) is 0. The van der Waals surface area contributed by atoms with Crippen molar-refractivity contribution in [1.82, 2.24) is 15.0 Å². The van der Waals surface area contributed by atoms with Gasteiger partial charge in [-0.2, -0.15) is 0 Å². The highest BCUT2D eigenvalue weighted by Crippen LogP contribution is 2.61. The van der Waals surface area contributed by atoms with E-state index in [0.717, 1.165) is 22.3 Å². The maximum absolute atomic E-state index is 5.26. The van der Waals surface area contributed by atoms with Gasteiger partial charge in [-0.3, -0.25) is 0 Å². The predicted octanol–water partition coefficient (Wildman–Crippen LogP) is 13.7. The summed E-state index contributed by atoms with van der Waals surface area (Å²) in [6, 6.07) is 76.5. The molecule has 2 aliphatic rings. The summed E-state index contributed by atoms with van der Waals surface area (Å²) in [6.07, 6.45) is 0. The topological polar surface area (TPSA) is 38.7 Å². The fourth-order valence-electron chi connectivity index (χ4n) is 9.82. The molecule has 0 fully saturated rings. The smallest absolute Gasteiger partial charge is 0.164 e. The molecule has 0 bridgehead atoms. The van der Waals surface area contributed by atoms with Crippen LogP contribution in [0.15, 0.2) is 212 Å². The zero-order valence-corrected chi connectivity index (χ0v) is 32.0. The lowest BCUT2D eigenvalue weighted by molar-refractivity contribution is 0.775. The maximum atomic E-state index is 5.26. The van der Waals surface area contributed by atoms with E-state index in [1.165, 1.54) is 72.0 Å². The molecule has 0 N–H and O–H groups in total. The number of rotatable bonds is 4. The zero-order chi connectivity index (χ0) is 38.9. The lowest BCUT2D eigenvalue weighted by Crippen LogP contribution is -2.29. The van der Waals surface area contributed by atoms with Crippen molar-refractivity contribution in [3.8, 4) is 78.7 Å². The van der Waals surface area contributed by atoms with E-state index >= 15 is 0 Å². The molecule has 0 saturated heterocycles. The number of hydrogen-bond acceptors (Lipinski definition) is 3. The second kappa shape index (κ2) is 13.2. The van der Waals surface area contributed by atoms with E-state index in [1.54, 1.807) is 0 Å². The standard InChI is InChI=1S/C56H35N3/c1-2-16-38(17-3-1)53-57-54(39-31-29-37(30-32-39)42-25-14-18-36-15-4-5-19-41(36)42)59-55(58-53)40-33-34-52-48(35-40)44-21-7-6-20-43(44)45-22-8-11-26-49(45)56(52)50-27-12-9-23-46(50)47-24-10-13-28-51(47)56/h1-35H. The quantitative estimate of drug-likeness (QED) is 0.180. The van der Waals surface area contributed by atoms with Gasteiger partial charge in [0.1, 0.15) is 0 Å². The molecular weight excluding hydrogens is 715 g/mol. The van der Waals surface area contributed by atoms with Gasteiger partial charge in [0, 0.05) is 16.7 Å². The lowest BCUT2D eigenvalue weighted by atomic mass is 9.66. The highest BCUT2D eigenvalue weighted by atomic mass is 15.0. The van der Waals surface area contributed by atoms with Crippen LogP contribution in [0.25, 0.3) is 89.4 Å². The van der Waals surface area contributed by atoms with Crippen LogP contribution in [0.3, 0.4) is 0 Å². The van der Waals surface area contributed by atoms with Crippen molar-refractivity contribution < 1.29 is 0 Å². The molecule has 10 aromatic rings. The third kappa shape index (κ3) is 5.05. The molecule has 3 nitrogen and oxygen atoms in total. The molecule has 59 heavy (non-hydrogen) atoms. The Morgan fingerprint density at radius 1 is 0.254 bits per heavy atom. The molecule has 0 saturated carbocycles. The van der Waals surface area contributed by atoms with Crippen LogP contribution in [0, 0.1) is 0 Å². The molecule has 0 aliphatic heterocycles. The Hall–Kier alpha value is -7.75. The maximum Gasteiger partial charge on any atom is 0.164 e. The molecule has 274 valence electrons. The van der Waals surface area contributed by atoms with E-state index in [9.17, 15) is 0 Å². The van der Waals surface area contributed by atoms with Crippen LogP contribution in [0.5, 0.6) is 0 Å². The van der Waals surface area contributed by atoms with Gasteiger partial charge in [0.2, 0.25) is 0 Å². The van der Waals surface area contributed by atoms with Crippen LogP contribution >= 0.6 is 0 Å². The van der Waals surface area contributed by atoms with Crippen molar-refractivity contribution in [2.75, 3.05) is 0 Å². The highest BCUT2D eigenvalue weighted by molar-refractivity contribution is 5.99. The fourth-order valence-corrected chi connectivity index (χ4v) is 9.82. The third-order valence-electron chi connectivity index (χ3n) is 12.4. The van der Waals surface area contributed by atoms with E-state index in [-0.39, 0.29) is 0 Å². The van der Waals surface area contributed by atoms with Crippen LogP contribution in [0.4, 0.5) is 0 Å². The molecule has 1 spiro atoms. The monoisotopic (exact) mass is 749 g/mol. The van der Waals surface area contributed by atoms with Gasteiger partial charge >= 0.3 is 0 Å². The Kier molecular flexibility index (Phi) is 7.45. The molecule has 3 heteroatoms. The molecule has 2 aliphatic carbocycles. The van der Waals surface area contributed by atoms with Gasteiger partial charge in [-0.05, 0) is 83.6 Å². The van der Waals surface area contributed by atoms with Crippen LogP contribution in [0.2, 0.25) is 0 Å². The number of benzene rings is 9. The van der Waals surface area contributed by atoms with Gasteiger partial charge < -0.3 is 0 Å². The summed E-state index contributed by atoms with van der Waals surface area (Å²) in [5, 5.41) is 2.46. The Morgan fingerprint density at radius 2 is 0.661 bits per heavy atom. The molecule has 1 heterocycles. The normalized spacial score (nSPS) is 12.9. The average Bonchev–Trinajstić information content (AvgIpc) is 3.56.